The van der Waals surface area contributed by atoms with Crippen LogP contribution in [-0.4, -0.2) is 18.9 Å². The Labute approximate surface area is 109 Å². The number of hydrogen-bond acceptors (Lipinski definition) is 3. The van der Waals surface area contributed by atoms with Gasteiger partial charge in [0.15, 0.2) is 5.78 Å². The number of carbonyl (C=O) groups excluding carboxylic acids is 1. The van der Waals surface area contributed by atoms with Crippen molar-refractivity contribution >= 4 is 5.78 Å². The summed E-state index contributed by atoms with van der Waals surface area (Å²) in [4.78, 5) is 12.1. The summed E-state index contributed by atoms with van der Waals surface area (Å²) < 4.78 is 5.37. The van der Waals surface area contributed by atoms with Gasteiger partial charge < -0.3 is 10.5 Å². The van der Waals surface area contributed by atoms with Gasteiger partial charge in [-0.25, -0.2) is 0 Å². The van der Waals surface area contributed by atoms with E-state index in [4.69, 9.17) is 10.5 Å². The summed E-state index contributed by atoms with van der Waals surface area (Å²) in [6, 6.07) is 3.77. The zero-order chi connectivity index (χ0) is 13.9. The van der Waals surface area contributed by atoms with Gasteiger partial charge in [-0.2, -0.15) is 0 Å². The number of aryl methyl sites for hydroxylation is 1. The zero-order valence-electron chi connectivity index (χ0n) is 11.9. The smallest absolute Gasteiger partial charge is 0.164 e. The molecule has 0 saturated carbocycles. The first-order valence-corrected chi connectivity index (χ1v) is 6.34. The summed E-state index contributed by atoms with van der Waals surface area (Å²) in [6.45, 7) is 7.96. The average molecular weight is 249 g/mol. The molecule has 0 fully saturated rings. The molecule has 0 heterocycles. The molecule has 1 aromatic rings. The number of benzene rings is 1. The van der Waals surface area contributed by atoms with E-state index in [9.17, 15) is 4.79 Å². The van der Waals surface area contributed by atoms with Crippen molar-refractivity contribution in [1.82, 2.24) is 0 Å². The average Bonchev–Trinajstić information content (AvgIpc) is 2.26. The summed E-state index contributed by atoms with van der Waals surface area (Å²) in [7, 11) is 1.66. The molecule has 1 atom stereocenters. The first-order chi connectivity index (χ1) is 8.36. The Hall–Kier alpha value is -1.35. The van der Waals surface area contributed by atoms with Crippen molar-refractivity contribution in [3.63, 3.8) is 0 Å². The van der Waals surface area contributed by atoms with Crippen molar-refractivity contribution in [3.05, 3.63) is 28.8 Å². The molecule has 0 amide bonds. The monoisotopic (exact) mass is 249 g/mol. The number of ketones is 1. The fourth-order valence-electron chi connectivity index (χ4n) is 2.03. The van der Waals surface area contributed by atoms with Crippen LogP contribution in [0.5, 0.6) is 5.75 Å². The topological polar surface area (TPSA) is 52.3 Å². The molecule has 1 aromatic carbocycles. The molecular formula is C15H23NO2. The summed E-state index contributed by atoms with van der Waals surface area (Å²) in [5, 5.41) is 0. The Morgan fingerprint density at radius 3 is 2.39 bits per heavy atom. The van der Waals surface area contributed by atoms with Crippen molar-refractivity contribution in [1.29, 1.82) is 0 Å². The molecule has 18 heavy (non-hydrogen) atoms. The van der Waals surface area contributed by atoms with Gasteiger partial charge in [-0.15, -0.1) is 0 Å². The second-order valence-electron chi connectivity index (χ2n) is 5.17. The fourth-order valence-corrected chi connectivity index (χ4v) is 2.03. The number of Topliss-reactive ketones (excluding diaryl/α,β-unsaturated/α-hetero) is 1. The maximum absolute atomic E-state index is 12.1. The molecule has 0 aliphatic rings. The second kappa shape index (κ2) is 6.01. The van der Waals surface area contributed by atoms with Crippen LogP contribution in [0, 0.1) is 6.92 Å². The minimum absolute atomic E-state index is 0.104. The van der Waals surface area contributed by atoms with Crippen molar-refractivity contribution in [2.75, 3.05) is 7.11 Å². The third-order valence-electron chi connectivity index (χ3n) is 3.01. The maximum atomic E-state index is 12.1. The molecule has 100 valence electrons. The first-order valence-electron chi connectivity index (χ1n) is 6.34. The van der Waals surface area contributed by atoms with Crippen LogP contribution in [-0.2, 0) is 0 Å². The molecule has 2 N–H and O–H groups in total. The van der Waals surface area contributed by atoms with Crippen LogP contribution in [0.1, 0.15) is 54.6 Å². The molecule has 1 unspecified atom stereocenters. The summed E-state index contributed by atoms with van der Waals surface area (Å²) in [5.41, 5.74) is 8.46. The highest BCUT2D eigenvalue weighted by Crippen LogP contribution is 2.30. The lowest BCUT2D eigenvalue weighted by atomic mass is 9.93. The molecule has 1 rings (SSSR count). The predicted molar refractivity (Wildman–Crippen MR) is 74.4 cm³/mol. The lowest BCUT2D eigenvalue weighted by Gasteiger charge is -2.16. The number of hydrogen-bond donors (Lipinski definition) is 1. The van der Waals surface area contributed by atoms with E-state index in [2.05, 4.69) is 13.8 Å². The van der Waals surface area contributed by atoms with Crippen LogP contribution >= 0.6 is 0 Å². The van der Waals surface area contributed by atoms with Crippen molar-refractivity contribution in [2.24, 2.45) is 5.73 Å². The van der Waals surface area contributed by atoms with Gasteiger partial charge in [0.2, 0.25) is 0 Å². The Kier molecular flexibility index (Phi) is 4.91. The number of methoxy groups -OCH3 is 1. The van der Waals surface area contributed by atoms with Gasteiger partial charge in [0.05, 0.1) is 7.11 Å². The van der Waals surface area contributed by atoms with Crippen molar-refractivity contribution < 1.29 is 9.53 Å². The van der Waals surface area contributed by atoms with Gasteiger partial charge >= 0.3 is 0 Å². The van der Waals surface area contributed by atoms with E-state index in [1.807, 2.05) is 26.0 Å². The summed E-state index contributed by atoms with van der Waals surface area (Å²) in [5.74, 6) is 1.27. The third kappa shape index (κ3) is 3.33. The Morgan fingerprint density at radius 1 is 1.33 bits per heavy atom. The van der Waals surface area contributed by atoms with E-state index >= 15 is 0 Å². The van der Waals surface area contributed by atoms with Gasteiger partial charge in [0, 0.05) is 18.0 Å². The summed E-state index contributed by atoms with van der Waals surface area (Å²) in [6.07, 6.45) is 0.380. The van der Waals surface area contributed by atoms with Gasteiger partial charge in [0.1, 0.15) is 5.75 Å². The quantitative estimate of drug-likeness (QED) is 0.816. The molecule has 0 radical (unpaired) electrons. The molecule has 0 aliphatic carbocycles. The van der Waals surface area contributed by atoms with Gasteiger partial charge in [-0.05, 0) is 43.0 Å². The molecule has 0 aliphatic heterocycles. The van der Waals surface area contributed by atoms with Crippen LogP contribution in [0.4, 0.5) is 0 Å². The van der Waals surface area contributed by atoms with Gasteiger partial charge in [-0.1, -0.05) is 13.8 Å². The van der Waals surface area contributed by atoms with E-state index < -0.39 is 0 Å². The van der Waals surface area contributed by atoms with E-state index in [1.54, 1.807) is 7.11 Å². The molecule has 0 saturated heterocycles. The minimum Gasteiger partial charge on any atom is -0.496 e. The lowest BCUT2D eigenvalue weighted by molar-refractivity contribution is 0.0976. The highest BCUT2D eigenvalue weighted by atomic mass is 16.5. The zero-order valence-corrected chi connectivity index (χ0v) is 11.9. The molecule has 0 bridgehead atoms. The molecule has 3 heteroatoms. The van der Waals surface area contributed by atoms with Gasteiger partial charge in [-0.3, -0.25) is 4.79 Å². The Balaban J connectivity index is 3.21. The van der Waals surface area contributed by atoms with Gasteiger partial charge in [0.25, 0.3) is 0 Å². The highest BCUT2D eigenvalue weighted by molar-refractivity contribution is 5.98. The van der Waals surface area contributed by atoms with Crippen LogP contribution in [0.15, 0.2) is 12.1 Å². The van der Waals surface area contributed by atoms with Crippen molar-refractivity contribution in [2.45, 2.75) is 46.1 Å². The van der Waals surface area contributed by atoms with E-state index in [0.29, 0.717) is 12.3 Å². The number of ether oxygens (including phenoxy) is 1. The fraction of sp³-hybridized carbons (Fsp3) is 0.533. The third-order valence-corrected chi connectivity index (χ3v) is 3.01. The largest absolute Gasteiger partial charge is 0.496 e. The lowest BCUT2D eigenvalue weighted by Crippen LogP contribution is -2.20. The van der Waals surface area contributed by atoms with E-state index in [1.165, 1.54) is 0 Å². The van der Waals surface area contributed by atoms with Crippen molar-refractivity contribution in [3.8, 4) is 5.75 Å². The number of carbonyl (C=O) groups is 1. The maximum Gasteiger partial charge on any atom is 0.164 e. The minimum atomic E-state index is -0.110. The summed E-state index contributed by atoms with van der Waals surface area (Å²) >= 11 is 0. The van der Waals surface area contributed by atoms with E-state index in [0.717, 1.165) is 22.4 Å². The standard InChI is InChI=1S/C15H23NO2/c1-9(2)12-8-13(14(17)7-11(4)16)10(3)6-15(12)18-5/h6,8-9,11H,7,16H2,1-5H3. The van der Waals surface area contributed by atoms with Crippen LogP contribution in [0.3, 0.4) is 0 Å². The van der Waals surface area contributed by atoms with Crippen LogP contribution < -0.4 is 10.5 Å². The Bertz CT molecular complexity index is 436. The van der Waals surface area contributed by atoms with Crippen LogP contribution in [0.2, 0.25) is 0 Å². The predicted octanol–water partition coefficient (Wildman–Crippen LogP) is 3.05. The molecule has 0 aromatic heterocycles. The number of rotatable bonds is 5. The number of nitrogens with two attached hydrogens (primary N) is 1. The highest BCUT2D eigenvalue weighted by Gasteiger charge is 2.16. The van der Waals surface area contributed by atoms with Crippen LogP contribution in [0.25, 0.3) is 0 Å². The van der Waals surface area contributed by atoms with E-state index in [-0.39, 0.29) is 11.8 Å². The molecular weight excluding hydrogens is 226 g/mol. The second-order valence-corrected chi connectivity index (χ2v) is 5.17. The normalized spacial score (nSPS) is 12.6. The SMILES string of the molecule is COc1cc(C)c(C(=O)CC(C)N)cc1C(C)C. The first kappa shape index (κ1) is 14.7. The Morgan fingerprint density at radius 2 is 1.94 bits per heavy atom. The molecule has 3 nitrogen and oxygen atoms in total. The molecule has 0 spiro atoms.